The van der Waals surface area contributed by atoms with E-state index in [9.17, 15) is 9.90 Å². The smallest absolute Gasteiger partial charge is 0.337 e. The zero-order valence-corrected chi connectivity index (χ0v) is 12.4. The van der Waals surface area contributed by atoms with Crippen LogP contribution in [0.25, 0.3) is 5.69 Å². The fourth-order valence-electron chi connectivity index (χ4n) is 1.97. The van der Waals surface area contributed by atoms with E-state index in [4.69, 9.17) is 0 Å². The first-order chi connectivity index (χ1) is 9.06. The van der Waals surface area contributed by atoms with Gasteiger partial charge in [0.2, 0.25) is 0 Å². The molecule has 0 aliphatic heterocycles. The maximum Gasteiger partial charge on any atom is 0.337 e. The first-order valence-electron chi connectivity index (χ1n) is 6.17. The van der Waals surface area contributed by atoms with Crippen LogP contribution in [0.2, 0.25) is 0 Å². The third kappa shape index (κ3) is 2.71. The van der Waals surface area contributed by atoms with Gasteiger partial charge in [0.15, 0.2) is 0 Å². The first-order valence-corrected chi connectivity index (χ1v) is 6.97. The summed E-state index contributed by atoms with van der Waals surface area (Å²) in [7, 11) is 0. The van der Waals surface area contributed by atoms with Crippen LogP contribution in [0.1, 0.15) is 35.6 Å². The van der Waals surface area contributed by atoms with Gasteiger partial charge in [-0.2, -0.15) is 5.10 Å². The quantitative estimate of drug-likeness (QED) is 0.937. The monoisotopic (exact) mass is 322 g/mol. The molecule has 2 aromatic rings. The highest BCUT2D eigenvalue weighted by Gasteiger charge is 2.15. The number of aromatic nitrogens is 2. The highest BCUT2D eigenvalue weighted by molar-refractivity contribution is 9.10. The van der Waals surface area contributed by atoms with Crippen LogP contribution >= 0.6 is 15.9 Å². The lowest BCUT2D eigenvalue weighted by atomic mass is 10.1. The van der Waals surface area contributed by atoms with Gasteiger partial charge in [0.1, 0.15) is 0 Å². The standard InChI is InChI=1S/C14H15BrN2O2/c1-3-10-8-11(4-2)17(16-10)13-6-5-9(15)7-12(13)14(18)19/h5-8H,3-4H2,1-2H3,(H,18,19). The predicted molar refractivity (Wildman–Crippen MR) is 77.0 cm³/mol. The molecule has 5 heteroatoms. The maximum atomic E-state index is 11.4. The zero-order chi connectivity index (χ0) is 14.0. The lowest BCUT2D eigenvalue weighted by Crippen LogP contribution is -2.09. The van der Waals surface area contributed by atoms with E-state index in [1.54, 1.807) is 16.8 Å². The molecule has 0 bridgehead atoms. The molecule has 0 aliphatic rings. The molecule has 0 atom stereocenters. The minimum atomic E-state index is -0.952. The summed E-state index contributed by atoms with van der Waals surface area (Å²) in [5.74, 6) is -0.952. The van der Waals surface area contributed by atoms with Gasteiger partial charge in [-0.1, -0.05) is 29.8 Å². The van der Waals surface area contributed by atoms with Gasteiger partial charge in [0.05, 0.1) is 16.9 Å². The molecule has 0 amide bonds. The fraction of sp³-hybridized carbons (Fsp3) is 0.286. The third-order valence-corrected chi connectivity index (χ3v) is 3.47. The largest absolute Gasteiger partial charge is 0.478 e. The van der Waals surface area contributed by atoms with Crippen LogP contribution in [-0.4, -0.2) is 20.9 Å². The Kier molecular flexibility index (Phi) is 4.04. The molecular formula is C14H15BrN2O2. The van der Waals surface area contributed by atoms with Crippen LogP contribution < -0.4 is 0 Å². The Morgan fingerprint density at radius 2 is 2.05 bits per heavy atom. The number of hydrogen-bond acceptors (Lipinski definition) is 2. The van der Waals surface area contributed by atoms with Crippen molar-refractivity contribution >= 4 is 21.9 Å². The Morgan fingerprint density at radius 1 is 1.32 bits per heavy atom. The number of halogens is 1. The number of hydrogen-bond donors (Lipinski definition) is 1. The van der Waals surface area contributed by atoms with E-state index in [-0.39, 0.29) is 5.56 Å². The number of aromatic carboxylic acids is 1. The molecule has 1 N–H and O–H groups in total. The maximum absolute atomic E-state index is 11.4. The van der Waals surface area contributed by atoms with Crippen LogP contribution in [-0.2, 0) is 12.8 Å². The van der Waals surface area contributed by atoms with Crippen molar-refractivity contribution in [1.29, 1.82) is 0 Å². The number of rotatable bonds is 4. The van der Waals surface area contributed by atoms with Crippen molar-refractivity contribution in [3.63, 3.8) is 0 Å². The average Bonchev–Trinajstić information content (AvgIpc) is 2.81. The topological polar surface area (TPSA) is 55.1 Å². The van der Waals surface area contributed by atoms with E-state index in [1.165, 1.54) is 0 Å². The van der Waals surface area contributed by atoms with Crippen LogP contribution in [0.15, 0.2) is 28.7 Å². The van der Waals surface area contributed by atoms with Crippen LogP contribution in [0.4, 0.5) is 0 Å². The van der Waals surface area contributed by atoms with Crippen molar-refractivity contribution in [2.45, 2.75) is 26.7 Å². The Morgan fingerprint density at radius 3 is 2.63 bits per heavy atom. The fourth-order valence-corrected chi connectivity index (χ4v) is 2.33. The highest BCUT2D eigenvalue weighted by atomic mass is 79.9. The molecule has 1 heterocycles. The molecule has 1 aromatic carbocycles. The van der Waals surface area contributed by atoms with Gasteiger partial charge in [-0.25, -0.2) is 9.48 Å². The molecule has 0 fully saturated rings. The number of benzene rings is 1. The Labute approximate surface area is 120 Å². The van der Waals surface area contributed by atoms with E-state index < -0.39 is 5.97 Å². The van der Waals surface area contributed by atoms with Crippen LogP contribution in [0.5, 0.6) is 0 Å². The summed E-state index contributed by atoms with van der Waals surface area (Å²) in [6.45, 7) is 4.07. The van der Waals surface area contributed by atoms with Gasteiger partial charge in [-0.05, 0) is 37.1 Å². The Bertz CT molecular complexity index is 620. The summed E-state index contributed by atoms with van der Waals surface area (Å²) in [6.07, 6.45) is 1.64. The van der Waals surface area contributed by atoms with Crippen molar-refractivity contribution in [3.05, 3.63) is 45.7 Å². The molecule has 100 valence electrons. The number of carbonyl (C=O) groups is 1. The minimum Gasteiger partial charge on any atom is -0.478 e. The molecule has 0 aliphatic carbocycles. The van der Waals surface area contributed by atoms with Gasteiger partial charge in [-0.15, -0.1) is 0 Å². The molecule has 0 spiro atoms. The van der Waals surface area contributed by atoms with E-state index in [1.807, 2.05) is 26.0 Å². The van der Waals surface area contributed by atoms with Crippen molar-refractivity contribution in [1.82, 2.24) is 9.78 Å². The first kappa shape index (κ1) is 13.8. The van der Waals surface area contributed by atoms with Crippen molar-refractivity contribution in [3.8, 4) is 5.69 Å². The third-order valence-electron chi connectivity index (χ3n) is 2.98. The Balaban J connectivity index is 2.64. The molecule has 2 rings (SSSR count). The summed E-state index contributed by atoms with van der Waals surface area (Å²) in [5, 5.41) is 13.8. The summed E-state index contributed by atoms with van der Waals surface area (Å²) < 4.78 is 2.48. The number of carboxylic acids is 1. The molecule has 1 aromatic heterocycles. The molecule has 0 unspecified atom stereocenters. The van der Waals surface area contributed by atoms with E-state index in [2.05, 4.69) is 21.0 Å². The summed E-state index contributed by atoms with van der Waals surface area (Å²) in [5.41, 5.74) is 2.83. The van der Waals surface area contributed by atoms with Crippen LogP contribution in [0, 0.1) is 0 Å². The van der Waals surface area contributed by atoms with Crippen molar-refractivity contribution in [2.24, 2.45) is 0 Å². The molecule has 0 radical (unpaired) electrons. The van der Waals surface area contributed by atoms with Gasteiger partial charge in [0.25, 0.3) is 0 Å². The van der Waals surface area contributed by atoms with E-state index in [0.29, 0.717) is 5.69 Å². The van der Waals surface area contributed by atoms with E-state index >= 15 is 0 Å². The van der Waals surface area contributed by atoms with Gasteiger partial charge in [0, 0.05) is 10.2 Å². The zero-order valence-electron chi connectivity index (χ0n) is 10.9. The Hall–Kier alpha value is -1.62. The van der Waals surface area contributed by atoms with Crippen LogP contribution in [0.3, 0.4) is 0 Å². The van der Waals surface area contributed by atoms with Gasteiger partial charge < -0.3 is 5.11 Å². The second-order valence-electron chi connectivity index (χ2n) is 4.21. The highest BCUT2D eigenvalue weighted by Crippen LogP contribution is 2.22. The lowest BCUT2D eigenvalue weighted by Gasteiger charge is -2.09. The number of aryl methyl sites for hydroxylation is 2. The molecular weight excluding hydrogens is 308 g/mol. The minimum absolute atomic E-state index is 0.245. The summed E-state index contributed by atoms with van der Waals surface area (Å²) in [6, 6.07) is 7.23. The average molecular weight is 323 g/mol. The second-order valence-corrected chi connectivity index (χ2v) is 5.13. The van der Waals surface area contributed by atoms with E-state index in [0.717, 1.165) is 28.7 Å². The number of carboxylic acid groups (broad SMARTS) is 1. The molecule has 4 nitrogen and oxygen atoms in total. The SMILES string of the molecule is CCc1cc(CC)n(-c2ccc(Br)cc2C(=O)O)n1. The second kappa shape index (κ2) is 5.57. The molecule has 0 saturated heterocycles. The normalized spacial score (nSPS) is 10.7. The van der Waals surface area contributed by atoms with Crippen molar-refractivity contribution in [2.75, 3.05) is 0 Å². The lowest BCUT2D eigenvalue weighted by molar-refractivity contribution is 0.0696. The van der Waals surface area contributed by atoms with Gasteiger partial charge in [-0.3, -0.25) is 0 Å². The molecule has 19 heavy (non-hydrogen) atoms. The predicted octanol–water partition coefficient (Wildman–Crippen LogP) is 3.46. The van der Waals surface area contributed by atoms with Gasteiger partial charge >= 0.3 is 5.97 Å². The summed E-state index contributed by atoms with van der Waals surface area (Å²) >= 11 is 3.30. The number of nitrogens with zero attached hydrogens (tertiary/aromatic N) is 2. The van der Waals surface area contributed by atoms with Crippen molar-refractivity contribution < 1.29 is 9.90 Å². The molecule has 0 saturated carbocycles. The summed E-state index contributed by atoms with van der Waals surface area (Å²) in [4.78, 5) is 11.4.